The Hall–Kier alpha value is 0.660. The van der Waals surface area contributed by atoms with E-state index in [2.05, 4.69) is 21.4 Å². The van der Waals surface area contributed by atoms with E-state index in [1.807, 2.05) is 0 Å². The first-order valence-electron chi connectivity index (χ1n) is 1.10. The van der Waals surface area contributed by atoms with Gasteiger partial charge < -0.3 is 0 Å². The third-order valence-electron chi connectivity index (χ3n) is 0.139. The molecule has 6 heavy (non-hydrogen) atoms. The van der Waals surface area contributed by atoms with Gasteiger partial charge in [0.25, 0.3) is 0 Å². The molecule has 0 N–H and O–H groups in total. The molecule has 0 aromatic rings. The highest BCUT2D eigenvalue weighted by Crippen LogP contribution is 2.14. The third kappa shape index (κ3) is 4.66. The summed E-state index contributed by atoms with van der Waals surface area (Å²) in [6, 6.07) is -1.14. The Morgan fingerprint density at radius 1 is 1.67 bits per heavy atom. The van der Waals surface area contributed by atoms with E-state index in [-0.39, 0.29) is 0 Å². The number of hydrogen-bond donors (Lipinski definition) is 1. The normalized spacial score (nSPS) is 14.5. The first-order valence-corrected chi connectivity index (χ1v) is 4.81. The van der Waals surface area contributed by atoms with Gasteiger partial charge in [-0.1, -0.05) is 0 Å². The molecule has 0 unspecified atom stereocenters. The van der Waals surface area contributed by atoms with E-state index in [0.29, 0.717) is 0 Å². The average Bonchev–Trinajstić information content (AvgIpc) is 1.35. The summed E-state index contributed by atoms with van der Waals surface area (Å²) in [5, 5.41) is 0. The summed E-state index contributed by atoms with van der Waals surface area (Å²) < 4.78 is 20.7. The fourth-order valence-electron chi connectivity index (χ4n) is 0. The van der Waals surface area contributed by atoms with Gasteiger partial charge in [-0.2, -0.15) is 0 Å². The molecule has 1 nitrogen and oxygen atoms in total. The summed E-state index contributed by atoms with van der Waals surface area (Å²) >= 11 is 0. The summed E-state index contributed by atoms with van der Waals surface area (Å²) in [5.41, 5.74) is 0. The van der Waals surface area contributed by atoms with Crippen molar-refractivity contribution in [3.63, 3.8) is 0 Å². The second-order valence-corrected chi connectivity index (χ2v) is 5.86. The first-order chi connectivity index (χ1) is 2.56. The minimum absolute atomic E-state index is 1.14. The van der Waals surface area contributed by atoms with Crippen LogP contribution in [0.3, 0.4) is 0 Å². The van der Waals surface area contributed by atoms with E-state index in [9.17, 15) is 8.60 Å². The summed E-state index contributed by atoms with van der Waals surface area (Å²) in [5.74, 6) is 0. The van der Waals surface area contributed by atoms with Crippen LogP contribution >= 0.6 is 21.4 Å². The van der Waals surface area contributed by atoms with Crippen molar-refractivity contribution in [1.29, 1.82) is 0 Å². The lowest BCUT2D eigenvalue weighted by Crippen LogP contribution is -1.89. The van der Waals surface area contributed by atoms with Crippen molar-refractivity contribution in [1.82, 2.24) is 0 Å². The molecular weight excluding hydrogens is 150 g/mol. The molecule has 0 rings (SSSR count). The molecule has 0 radical (unpaired) electrons. The quantitative estimate of drug-likeness (QED) is 0.443. The number of hydrogen-bond acceptors (Lipinski definition) is 1. The smallest absolute Gasteiger partial charge is 0.167 e. The molecule has 0 bridgehead atoms. The number of thiol groups is 1. The molecule has 0 heterocycles. The predicted molar refractivity (Wildman–Crippen MR) is 27.2 cm³/mol. The van der Waals surface area contributed by atoms with Crippen LogP contribution in [0.2, 0.25) is 0 Å². The van der Waals surface area contributed by atoms with Gasteiger partial charge in [-0.05, 0) is 21.4 Å². The molecule has 0 saturated carbocycles. The van der Waals surface area contributed by atoms with Crippen LogP contribution in [-0.4, -0.2) is 10.2 Å². The zero-order chi connectivity index (χ0) is 5.21. The lowest BCUT2D eigenvalue weighted by atomic mass is 11.8. The Bertz CT molecular complexity index is 77.6. The lowest BCUT2D eigenvalue weighted by Gasteiger charge is -1.94. The van der Waals surface area contributed by atoms with Crippen LogP contribution in [0.15, 0.2) is 0 Å². The molecule has 5 heteroatoms. The fraction of sp³-hybridized carbons (Fsp3) is 1.00. The van der Waals surface area contributed by atoms with E-state index in [1.165, 1.54) is 0 Å². The van der Waals surface area contributed by atoms with Gasteiger partial charge in [0.2, 0.25) is 0 Å². The number of rotatable bonds is 1. The average molecular weight is 153 g/mol. The Morgan fingerprint density at radius 2 is 1.83 bits per heavy atom. The maximum absolute atomic E-state index is 11.0. The molecular formula is CH3Cl2FOS. The van der Waals surface area contributed by atoms with Gasteiger partial charge >= 0.3 is 0 Å². The molecule has 0 aromatic carbocycles. The second-order valence-electron chi connectivity index (χ2n) is 0.690. The molecule has 0 aliphatic carbocycles. The maximum Gasteiger partial charge on any atom is 0.167 e. The van der Waals surface area contributed by atoms with E-state index in [0.717, 1.165) is 0 Å². The Balaban J connectivity index is 3.48. The van der Waals surface area contributed by atoms with Crippen LogP contribution in [0.1, 0.15) is 0 Å². The largest absolute Gasteiger partial charge is 0.254 e. The van der Waals surface area contributed by atoms with Crippen molar-refractivity contribution in [2.24, 2.45) is 0 Å². The summed E-state index contributed by atoms with van der Waals surface area (Å²) in [6.07, 6.45) is 0. The van der Waals surface area contributed by atoms with Gasteiger partial charge in [-0.15, -0.1) is 0 Å². The van der Waals surface area contributed by atoms with Crippen molar-refractivity contribution in [2.45, 2.75) is 0 Å². The molecule has 0 amide bonds. The maximum atomic E-state index is 11.0. The summed E-state index contributed by atoms with van der Waals surface area (Å²) in [7, 11) is 5.96. The van der Waals surface area contributed by atoms with Gasteiger partial charge in [-0.3, -0.25) is 4.21 Å². The van der Waals surface area contributed by atoms with Crippen LogP contribution < -0.4 is 0 Å². The van der Waals surface area contributed by atoms with Crippen LogP contribution in [0, 0.1) is 0 Å². The predicted octanol–water partition coefficient (Wildman–Crippen LogP) is 1.24. The minimum Gasteiger partial charge on any atom is -0.254 e. The molecule has 40 valence electrons. The molecule has 0 atom stereocenters. The van der Waals surface area contributed by atoms with Crippen molar-refractivity contribution < 1.29 is 8.60 Å². The fourth-order valence-corrected chi connectivity index (χ4v) is 0. The Labute approximate surface area is 44.9 Å². The van der Waals surface area contributed by atoms with Gasteiger partial charge in [0.1, 0.15) is 0 Å². The second kappa shape index (κ2) is 2.09. The van der Waals surface area contributed by atoms with Crippen LogP contribution in [0.5, 0.6) is 0 Å². The van der Waals surface area contributed by atoms with Gasteiger partial charge in [-0.25, -0.2) is 4.39 Å². The monoisotopic (exact) mass is 152 g/mol. The van der Waals surface area contributed by atoms with E-state index in [4.69, 9.17) is 0 Å². The SMILES string of the molecule is O=[SH](Cl)(Cl)CF. The summed E-state index contributed by atoms with van der Waals surface area (Å²) in [4.78, 5) is 0. The van der Waals surface area contributed by atoms with E-state index < -0.39 is 14.4 Å². The van der Waals surface area contributed by atoms with Crippen LogP contribution in [-0.2, 0) is 8.36 Å². The zero-order valence-electron chi connectivity index (χ0n) is 2.70. The summed E-state index contributed by atoms with van der Waals surface area (Å²) in [6.45, 7) is 0. The Kier molecular flexibility index (Phi) is 2.33. The molecule has 0 aliphatic rings. The van der Waals surface area contributed by atoms with Crippen molar-refractivity contribution >= 4 is 29.7 Å². The molecule has 0 saturated heterocycles. The number of halogens is 3. The van der Waals surface area contributed by atoms with Crippen LogP contribution in [0.4, 0.5) is 4.39 Å². The molecule has 0 aromatic heterocycles. The van der Waals surface area contributed by atoms with Crippen molar-refractivity contribution in [3.8, 4) is 0 Å². The zero-order valence-corrected chi connectivity index (χ0v) is 5.10. The first kappa shape index (κ1) is 6.66. The highest BCUT2D eigenvalue weighted by atomic mass is 36.0. The van der Waals surface area contributed by atoms with E-state index in [1.54, 1.807) is 0 Å². The van der Waals surface area contributed by atoms with Crippen molar-refractivity contribution in [3.05, 3.63) is 0 Å². The van der Waals surface area contributed by atoms with Gasteiger partial charge in [0.15, 0.2) is 6.01 Å². The van der Waals surface area contributed by atoms with E-state index >= 15 is 0 Å². The molecule has 0 spiro atoms. The van der Waals surface area contributed by atoms with Gasteiger partial charge in [0, 0.05) is 0 Å². The van der Waals surface area contributed by atoms with Crippen LogP contribution in [0.25, 0.3) is 0 Å². The number of alkyl halides is 1. The highest BCUT2D eigenvalue weighted by Gasteiger charge is 2.00. The van der Waals surface area contributed by atoms with Gasteiger partial charge in [0.05, 0.1) is 8.36 Å². The standard InChI is InChI=1S/CH3Cl2FOS/c2-6(3,5)1-4/h6H,1H2. The Morgan fingerprint density at radius 3 is 1.83 bits per heavy atom. The highest BCUT2D eigenvalue weighted by molar-refractivity contribution is 8.40. The minimum atomic E-state index is -3.37. The van der Waals surface area contributed by atoms with Crippen molar-refractivity contribution in [2.75, 3.05) is 6.01 Å². The topological polar surface area (TPSA) is 17.1 Å². The molecule has 0 aliphatic heterocycles. The third-order valence-corrected chi connectivity index (χ3v) is 0.960. The molecule has 0 fully saturated rings. The lowest BCUT2D eigenvalue weighted by molar-refractivity contribution is 0.584.